The average Bonchev–Trinajstić information content (AvgIpc) is 1.35. The first-order chi connectivity index (χ1) is 2.77. The molecular weight excluding hydrogens is 173 g/mol. The molecule has 0 aromatic carbocycles. The molecule has 0 unspecified atom stereocenters. The van der Waals surface area contributed by atoms with Gasteiger partial charge in [0.25, 0.3) is 0 Å². The van der Waals surface area contributed by atoms with Crippen LogP contribution in [0.3, 0.4) is 0 Å². The van der Waals surface area contributed by atoms with Gasteiger partial charge in [-0.1, -0.05) is 6.92 Å². The van der Waals surface area contributed by atoms with Crippen molar-refractivity contribution in [2.75, 3.05) is 0 Å². The monoisotopic (exact) mass is 183 g/mol. The Hall–Kier alpha value is -0.0266. The van der Waals surface area contributed by atoms with Gasteiger partial charge in [-0.2, -0.15) is 0 Å². The largest absolute Gasteiger partial charge is 1.00 e. The van der Waals surface area contributed by atoms with Crippen LogP contribution in [0.15, 0.2) is 24.3 Å². The third kappa shape index (κ3) is 10.7. The Kier molecular flexibility index (Phi) is 8.58. The van der Waals surface area contributed by atoms with E-state index in [1.165, 1.54) is 0 Å². The second-order valence-corrected chi connectivity index (χ2v) is 1.25. The molecule has 0 saturated heterocycles. The summed E-state index contributed by atoms with van der Waals surface area (Å²) in [5, 5.41) is 0. The first-order valence-corrected chi connectivity index (χ1v) is 1.88. The molecule has 41 valence electrons. The summed E-state index contributed by atoms with van der Waals surface area (Å²) in [6, 6.07) is 0. The first-order valence-electron chi connectivity index (χ1n) is 1.88. The van der Waals surface area contributed by atoms with Crippen LogP contribution in [0.1, 0.15) is 6.92 Å². The van der Waals surface area contributed by atoms with Gasteiger partial charge in [0.05, 0.1) is 0 Å². The molecular formula is C6H9Ru. The van der Waals surface area contributed by atoms with E-state index in [1.54, 1.807) is 6.08 Å². The van der Waals surface area contributed by atoms with E-state index in [2.05, 4.69) is 13.5 Å². The van der Waals surface area contributed by atoms with Gasteiger partial charge >= 0.3 is 19.5 Å². The standard InChI is InChI=1S/C6H9.Ru/c1-4-5-6(2)3;/h4-5H,1-2H2,3H3;/q-1;+1. The van der Waals surface area contributed by atoms with E-state index in [0.29, 0.717) is 0 Å². The molecule has 1 heteroatoms. The fraction of sp³-hybridized carbons (Fsp3) is 0.167. The van der Waals surface area contributed by atoms with Gasteiger partial charge in [-0.25, -0.2) is 19.1 Å². The van der Waals surface area contributed by atoms with Crippen molar-refractivity contribution in [1.82, 2.24) is 0 Å². The van der Waals surface area contributed by atoms with Crippen molar-refractivity contribution in [3.63, 3.8) is 0 Å². The molecule has 0 bridgehead atoms. The molecule has 0 nitrogen and oxygen atoms in total. The van der Waals surface area contributed by atoms with Crippen molar-refractivity contribution >= 4 is 0 Å². The Labute approximate surface area is 58.1 Å². The summed E-state index contributed by atoms with van der Waals surface area (Å²) in [4.78, 5) is 0. The maximum Gasteiger partial charge on any atom is 1.00 e. The zero-order valence-electron chi connectivity index (χ0n) is 4.42. The second kappa shape index (κ2) is 5.97. The number of hydrogen-bond acceptors (Lipinski definition) is 0. The van der Waals surface area contributed by atoms with E-state index < -0.39 is 0 Å². The molecule has 7 heavy (non-hydrogen) atoms. The summed E-state index contributed by atoms with van der Waals surface area (Å²) < 4.78 is 0. The summed E-state index contributed by atoms with van der Waals surface area (Å²) in [6.45, 7) is 9.03. The predicted octanol–water partition coefficient (Wildman–Crippen LogP) is 1.95. The SMILES string of the molecule is C=C(C)C=C[CH2-].[Ru+]. The van der Waals surface area contributed by atoms with Gasteiger partial charge < -0.3 is 0 Å². The summed E-state index contributed by atoms with van der Waals surface area (Å²) in [5.74, 6) is 0. The second-order valence-electron chi connectivity index (χ2n) is 1.25. The van der Waals surface area contributed by atoms with E-state index in [0.717, 1.165) is 5.57 Å². The molecule has 0 aliphatic rings. The summed E-state index contributed by atoms with van der Waals surface area (Å²) in [5.41, 5.74) is 1.05. The molecule has 1 radical (unpaired) electrons. The zero-order chi connectivity index (χ0) is 4.99. The van der Waals surface area contributed by atoms with Crippen LogP contribution in [0.2, 0.25) is 0 Å². The maximum absolute atomic E-state index is 3.62. The molecule has 0 aromatic heterocycles. The van der Waals surface area contributed by atoms with Crippen molar-refractivity contribution in [1.29, 1.82) is 0 Å². The van der Waals surface area contributed by atoms with Gasteiger partial charge in [-0.05, 0) is 0 Å². The molecule has 0 atom stereocenters. The molecule has 0 amide bonds. The van der Waals surface area contributed by atoms with Crippen molar-refractivity contribution < 1.29 is 19.5 Å². The van der Waals surface area contributed by atoms with Crippen molar-refractivity contribution in [2.24, 2.45) is 0 Å². The summed E-state index contributed by atoms with van der Waals surface area (Å²) in [7, 11) is 0. The van der Waals surface area contributed by atoms with Gasteiger partial charge in [0, 0.05) is 0 Å². The Morgan fingerprint density at radius 1 is 1.71 bits per heavy atom. The molecule has 0 aliphatic heterocycles. The van der Waals surface area contributed by atoms with Crippen molar-refractivity contribution in [2.45, 2.75) is 6.92 Å². The summed E-state index contributed by atoms with van der Waals surface area (Å²) >= 11 is 0. The van der Waals surface area contributed by atoms with Gasteiger partial charge in [-0.3, -0.25) is 0 Å². The van der Waals surface area contributed by atoms with E-state index in [-0.39, 0.29) is 19.5 Å². The maximum atomic E-state index is 3.62. The molecule has 0 spiro atoms. The van der Waals surface area contributed by atoms with Crippen LogP contribution in [0.5, 0.6) is 0 Å². The molecule has 0 fully saturated rings. The van der Waals surface area contributed by atoms with E-state index in [4.69, 9.17) is 0 Å². The molecule has 0 heterocycles. The Morgan fingerprint density at radius 3 is 2.14 bits per heavy atom. The number of hydrogen-bond donors (Lipinski definition) is 0. The van der Waals surface area contributed by atoms with Crippen LogP contribution >= 0.6 is 0 Å². The zero-order valence-corrected chi connectivity index (χ0v) is 6.16. The van der Waals surface area contributed by atoms with Crippen molar-refractivity contribution in [3.05, 3.63) is 31.2 Å². The van der Waals surface area contributed by atoms with Crippen LogP contribution in [0.25, 0.3) is 0 Å². The third-order valence-electron chi connectivity index (χ3n) is 0.402. The van der Waals surface area contributed by atoms with Crippen LogP contribution in [0.4, 0.5) is 0 Å². The summed E-state index contributed by atoms with van der Waals surface area (Å²) in [6.07, 6.45) is 3.59. The van der Waals surface area contributed by atoms with Gasteiger partial charge in [0.1, 0.15) is 0 Å². The topological polar surface area (TPSA) is 0 Å². The van der Waals surface area contributed by atoms with Gasteiger partial charge in [0.2, 0.25) is 0 Å². The fourth-order valence-corrected chi connectivity index (χ4v) is 0.201. The number of rotatable bonds is 1. The van der Waals surface area contributed by atoms with Crippen LogP contribution in [-0.4, -0.2) is 0 Å². The Morgan fingerprint density at radius 2 is 2.14 bits per heavy atom. The molecule has 0 saturated carbocycles. The van der Waals surface area contributed by atoms with Crippen LogP contribution in [-0.2, 0) is 19.5 Å². The van der Waals surface area contributed by atoms with E-state index in [1.807, 2.05) is 13.0 Å². The molecule has 0 N–H and O–H groups in total. The Bertz CT molecular complexity index is 72.2. The molecule has 0 rings (SSSR count). The minimum Gasteiger partial charge on any atom is -0.245 e. The van der Waals surface area contributed by atoms with Gasteiger partial charge in [-0.15, -0.1) is 12.2 Å². The van der Waals surface area contributed by atoms with Crippen LogP contribution < -0.4 is 0 Å². The minimum atomic E-state index is 0. The van der Waals surface area contributed by atoms with E-state index in [9.17, 15) is 0 Å². The quantitative estimate of drug-likeness (QED) is 0.330. The molecule has 0 aliphatic carbocycles. The third-order valence-corrected chi connectivity index (χ3v) is 0.402. The first kappa shape index (κ1) is 10.1. The average molecular weight is 182 g/mol. The predicted molar refractivity (Wildman–Crippen MR) is 29.3 cm³/mol. The number of allylic oxidation sites excluding steroid dienone is 3. The van der Waals surface area contributed by atoms with Crippen molar-refractivity contribution in [3.8, 4) is 0 Å². The smallest absolute Gasteiger partial charge is 0.245 e. The minimum absolute atomic E-state index is 0. The van der Waals surface area contributed by atoms with Crippen LogP contribution in [0, 0.1) is 6.92 Å². The molecule has 0 aromatic rings. The normalized spacial score (nSPS) is 8.14. The fourth-order valence-electron chi connectivity index (χ4n) is 0.201. The Balaban J connectivity index is 0. The van der Waals surface area contributed by atoms with E-state index >= 15 is 0 Å². The van der Waals surface area contributed by atoms with Gasteiger partial charge in [0.15, 0.2) is 0 Å².